The van der Waals surface area contributed by atoms with Gasteiger partial charge in [0.2, 0.25) is 0 Å². The first-order valence-electron chi connectivity index (χ1n) is 5.02. The number of methoxy groups -OCH3 is 1. The second kappa shape index (κ2) is 5.50. The lowest BCUT2D eigenvalue weighted by atomic mass is 10.4. The summed E-state index contributed by atoms with van der Waals surface area (Å²) in [6, 6.07) is 1.45. The van der Waals surface area contributed by atoms with Crippen LogP contribution in [0.5, 0.6) is 0 Å². The Morgan fingerprint density at radius 3 is 3.00 bits per heavy atom. The molecule has 15 heavy (non-hydrogen) atoms. The van der Waals surface area contributed by atoms with Crippen molar-refractivity contribution in [2.45, 2.75) is 26.4 Å². The zero-order chi connectivity index (χ0) is 11.3. The van der Waals surface area contributed by atoms with Crippen LogP contribution in [0.4, 0.5) is 5.82 Å². The molecule has 0 fully saturated rings. The summed E-state index contributed by atoms with van der Waals surface area (Å²) in [4.78, 5) is 18.1. The molecule has 84 valence electrons. The molecule has 1 aromatic heterocycles. The molecule has 2 N–H and O–H groups in total. The van der Waals surface area contributed by atoms with Gasteiger partial charge in [0.05, 0.1) is 6.10 Å². The SMILES string of the molecule is CCc1nc(NCC(C)OC)cc(=O)[nH]1. The summed E-state index contributed by atoms with van der Waals surface area (Å²) in [7, 11) is 1.65. The van der Waals surface area contributed by atoms with E-state index >= 15 is 0 Å². The molecule has 0 aliphatic carbocycles. The maximum Gasteiger partial charge on any atom is 0.252 e. The molecule has 0 aromatic carbocycles. The number of aromatic amines is 1. The van der Waals surface area contributed by atoms with Crippen molar-refractivity contribution in [1.82, 2.24) is 9.97 Å². The van der Waals surface area contributed by atoms with Gasteiger partial charge in [0, 0.05) is 26.1 Å². The van der Waals surface area contributed by atoms with Gasteiger partial charge in [0.15, 0.2) is 0 Å². The Morgan fingerprint density at radius 1 is 1.67 bits per heavy atom. The Morgan fingerprint density at radius 2 is 2.40 bits per heavy atom. The van der Waals surface area contributed by atoms with Crippen molar-refractivity contribution in [3.8, 4) is 0 Å². The molecule has 0 saturated heterocycles. The van der Waals surface area contributed by atoms with Crippen LogP contribution in [0, 0.1) is 0 Å². The summed E-state index contributed by atoms with van der Waals surface area (Å²) in [5.74, 6) is 1.29. The van der Waals surface area contributed by atoms with Crippen LogP contribution >= 0.6 is 0 Å². The minimum Gasteiger partial charge on any atom is -0.380 e. The van der Waals surface area contributed by atoms with E-state index < -0.39 is 0 Å². The first-order valence-corrected chi connectivity index (χ1v) is 5.02. The van der Waals surface area contributed by atoms with Crippen molar-refractivity contribution in [1.29, 1.82) is 0 Å². The molecule has 0 aliphatic rings. The van der Waals surface area contributed by atoms with E-state index in [1.54, 1.807) is 7.11 Å². The molecule has 1 rings (SSSR count). The highest BCUT2D eigenvalue weighted by Crippen LogP contribution is 2.00. The molecule has 0 amide bonds. The van der Waals surface area contributed by atoms with E-state index in [0.29, 0.717) is 24.6 Å². The van der Waals surface area contributed by atoms with Gasteiger partial charge >= 0.3 is 0 Å². The lowest BCUT2D eigenvalue weighted by Crippen LogP contribution is -2.20. The summed E-state index contributed by atoms with van der Waals surface area (Å²) in [5, 5.41) is 3.05. The number of nitrogens with zero attached hydrogens (tertiary/aromatic N) is 1. The largest absolute Gasteiger partial charge is 0.380 e. The predicted molar refractivity (Wildman–Crippen MR) is 59.2 cm³/mol. The fourth-order valence-electron chi connectivity index (χ4n) is 1.10. The van der Waals surface area contributed by atoms with Crippen LogP contribution in [0.1, 0.15) is 19.7 Å². The first-order chi connectivity index (χ1) is 7.15. The standard InChI is InChI=1S/C10H17N3O2/c1-4-8-12-9(5-10(14)13-8)11-6-7(2)15-3/h5,7H,4,6H2,1-3H3,(H2,11,12,13,14). The van der Waals surface area contributed by atoms with Crippen LogP contribution in [0.3, 0.4) is 0 Å². The lowest BCUT2D eigenvalue weighted by Gasteiger charge is -2.11. The normalized spacial score (nSPS) is 12.5. The molecule has 5 nitrogen and oxygen atoms in total. The van der Waals surface area contributed by atoms with Gasteiger partial charge in [-0.2, -0.15) is 0 Å². The van der Waals surface area contributed by atoms with E-state index in [9.17, 15) is 4.79 Å². The summed E-state index contributed by atoms with van der Waals surface area (Å²) in [6.07, 6.45) is 0.807. The summed E-state index contributed by atoms with van der Waals surface area (Å²) < 4.78 is 5.08. The lowest BCUT2D eigenvalue weighted by molar-refractivity contribution is 0.128. The Bertz CT molecular complexity index is 362. The highest BCUT2D eigenvalue weighted by Gasteiger charge is 2.02. The van der Waals surface area contributed by atoms with Crippen LogP contribution in [-0.2, 0) is 11.2 Å². The van der Waals surface area contributed by atoms with Gasteiger partial charge < -0.3 is 15.0 Å². The third-order valence-electron chi connectivity index (χ3n) is 2.10. The minimum atomic E-state index is -0.130. The van der Waals surface area contributed by atoms with Gasteiger partial charge in [-0.1, -0.05) is 6.92 Å². The van der Waals surface area contributed by atoms with E-state index in [1.165, 1.54) is 6.07 Å². The van der Waals surface area contributed by atoms with Gasteiger partial charge in [-0.15, -0.1) is 0 Å². The number of aryl methyl sites for hydroxylation is 1. The number of hydrogen-bond donors (Lipinski definition) is 2. The van der Waals surface area contributed by atoms with Crippen LogP contribution in [0.2, 0.25) is 0 Å². The number of nitrogens with one attached hydrogen (secondary N) is 2. The van der Waals surface area contributed by atoms with Crippen molar-refractivity contribution in [3.05, 3.63) is 22.2 Å². The highest BCUT2D eigenvalue weighted by molar-refractivity contribution is 5.32. The molecule has 1 aromatic rings. The van der Waals surface area contributed by atoms with E-state index in [0.717, 1.165) is 0 Å². The molecule has 1 unspecified atom stereocenters. The molecule has 0 aliphatic heterocycles. The van der Waals surface area contributed by atoms with Gasteiger partial charge in [-0.05, 0) is 6.92 Å². The van der Waals surface area contributed by atoms with Gasteiger partial charge in [0.1, 0.15) is 11.6 Å². The topological polar surface area (TPSA) is 67.0 Å². The number of H-pyrrole nitrogens is 1. The quantitative estimate of drug-likeness (QED) is 0.755. The van der Waals surface area contributed by atoms with E-state index in [2.05, 4.69) is 15.3 Å². The Kier molecular flexibility index (Phi) is 4.30. The fourth-order valence-corrected chi connectivity index (χ4v) is 1.10. The van der Waals surface area contributed by atoms with Crippen LogP contribution in [0.15, 0.2) is 10.9 Å². The molecular formula is C10H17N3O2. The maximum atomic E-state index is 11.2. The van der Waals surface area contributed by atoms with Crippen molar-refractivity contribution in [3.63, 3.8) is 0 Å². The molecule has 5 heteroatoms. The van der Waals surface area contributed by atoms with Crippen molar-refractivity contribution < 1.29 is 4.74 Å². The predicted octanol–water partition coefficient (Wildman–Crippen LogP) is 0.779. The number of ether oxygens (including phenoxy) is 1. The third kappa shape index (κ3) is 3.71. The van der Waals surface area contributed by atoms with Crippen molar-refractivity contribution >= 4 is 5.82 Å². The zero-order valence-corrected chi connectivity index (χ0v) is 9.33. The van der Waals surface area contributed by atoms with Crippen LogP contribution in [-0.4, -0.2) is 29.7 Å². The van der Waals surface area contributed by atoms with Crippen molar-refractivity contribution in [2.75, 3.05) is 19.0 Å². The molecular weight excluding hydrogens is 194 g/mol. The summed E-state index contributed by atoms with van der Waals surface area (Å²) >= 11 is 0. The number of rotatable bonds is 5. The monoisotopic (exact) mass is 211 g/mol. The molecule has 1 atom stereocenters. The van der Waals surface area contributed by atoms with Gasteiger partial charge in [-0.25, -0.2) is 4.98 Å². The van der Waals surface area contributed by atoms with E-state index in [4.69, 9.17) is 4.74 Å². The third-order valence-corrected chi connectivity index (χ3v) is 2.10. The summed E-state index contributed by atoms with van der Waals surface area (Å²) in [6.45, 7) is 4.52. The molecule has 0 saturated carbocycles. The highest BCUT2D eigenvalue weighted by atomic mass is 16.5. The van der Waals surface area contributed by atoms with Gasteiger partial charge in [0.25, 0.3) is 5.56 Å². The maximum absolute atomic E-state index is 11.2. The smallest absolute Gasteiger partial charge is 0.252 e. The number of aromatic nitrogens is 2. The first kappa shape index (κ1) is 11.7. The van der Waals surface area contributed by atoms with Crippen LogP contribution < -0.4 is 10.9 Å². The average molecular weight is 211 g/mol. The number of hydrogen-bond acceptors (Lipinski definition) is 4. The minimum absolute atomic E-state index is 0.0937. The summed E-state index contributed by atoms with van der Waals surface area (Å²) in [5.41, 5.74) is -0.130. The molecule has 0 spiro atoms. The fraction of sp³-hybridized carbons (Fsp3) is 0.600. The number of anilines is 1. The van der Waals surface area contributed by atoms with E-state index in [-0.39, 0.29) is 11.7 Å². The van der Waals surface area contributed by atoms with Gasteiger partial charge in [-0.3, -0.25) is 4.79 Å². The van der Waals surface area contributed by atoms with Crippen LogP contribution in [0.25, 0.3) is 0 Å². The Labute approximate surface area is 88.9 Å². The van der Waals surface area contributed by atoms with Crippen molar-refractivity contribution in [2.24, 2.45) is 0 Å². The molecule has 1 heterocycles. The van der Waals surface area contributed by atoms with E-state index in [1.807, 2.05) is 13.8 Å². The Balaban J connectivity index is 2.68. The Hall–Kier alpha value is -1.36. The second-order valence-electron chi connectivity index (χ2n) is 3.36. The molecule has 0 radical (unpaired) electrons. The molecule has 0 bridgehead atoms. The second-order valence-corrected chi connectivity index (χ2v) is 3.36. The zero-order valence-electron chi connectivity index (χ0n) is 9.33. The average Bonchev–Trinajstić information content (AvgIpc) is 2.25.